The lowest BCUT2D eigenvalue weighted by Crippen LogP contribution is -2.52. The summed E-state index contributed by atoms with van der Waals surface area (Å²) in [4.78, 5) is 11.8. The molecule has 102 valence electrons. The third-order valence-corrected chi connectivity index (χ3v) is 2.22. The van der Waals surface area contributed by atoms with Crippen molar-refractivity contribution in [1.82, 2.24) is 10.6 Å². The van der Waals surface area contributed by atoms with E-state index in [-0.39, 0.29) is 30.1 Å². The first-order chi connectivity index (χ1) is 7.80. The van der Waals surface area contributed by atoms with E-state index in [4.69, 9.17) is 9.84 Å². The van der Waals surface area contributed by atoms with Crippen molar-refractivity contribution in [1.29, 1.82) is 0 Å². The molecular formula is C12H26N2O3. The Labute approximate surface area is 104 Å². The molecule has 0 aliphatic heterocycles. The van der Waals surface area contributed by atoms with Crippen LogP contribution in [0.1, 0.15) is 34.1 Å². The van der Waals surface area contributed by atoms with Gasteiger partial charge in [0.2, 0.25) is 5.91 Å². The van der Waals surface area contributed by atoms with Crippen LogP contribution in [0.4, 0.5) is 0 Å². The Balaban J connectivity index is 4.19. The maximum absolute atomic E-state index is 11.8. The number of aliphatic hydroxyl groups excluding tert-OH is 1. The highest BCUT2D eigenvalue weighted by atomic mass is 16.5. The fourth-order valence-corrected chi connectivity index (χ4v) is 1.48. The van der Waals surface area contributed by atoms with Crippen LogP contribution in [0.5, 0.6) is 0 Å². The molecule has 5 heteroatoms. The van der Waals surface area contributed by atoms with Gasteiger partial charge >= 0.3 is 0 Å². The van der Waals surface area contributed by atoms with Gasteiger partial charge in [-0.3, -0.25) is 4.79 Å². The molecule has 0 aliphatic carbocycles. The molecule has 0 spiro atoms. The van der Waals surface area contributed by atoms with Crippen LogP contribution in [0.2, 0.25) is 0 Å². The number of methoxy groups -OCH3 is 1. The Kier molecular flexibility index (Phi) is 7.34. The zero-order valence-corrected chi connectivity index (χ0v) is 11.5. The molecule has 1 amide bonds. The molecule has 0 aromatic rings. The molecule has 0 aliphatic rings. The van der Waals surface area contributed by atoms with Crippen LogP contribution in [0.25, 0.3) is 0 Å². The zero-order valence-electron chi connectivity index (χ0n) is 11.5. The van der Waals surface area contributed by atoms with Gasteiger partial charge in [0, 0.05) is 25.3 Å². The van der Waals surface area contributed by atoms with Crippen molar-refractivity contribution >= 4 is 5.91 Å². The monoisotopic (exact) mass is 246 g/mol. The number of ether oxygens (including phenoxy) is 1. The average Bonchev–Trinajstić information content (AvgIpc) is 2.15. The number of hydrogen-bond donors (Lipinski definition) is 3. The first-order valence-corrected chi connectivity index (χ1v) is 5.98. The van der Waals surface area contributed by atoms with Crippen molar-refractivity contribution in [2.45, 2.75) is 51.7 Å². The molecule has 5 nitrogen and oxygen atoms in total. The highest BCUT2D eigenvalue weighted by molar-refractivity contribution is 5.81. The third kappa shape index (κ3) is 8.12. The Hall–Kier alpha value is -0.650. The van der Waals surface area contributed by atoms with Gasteiger partial charge < -0.3 is 20.5 Å². The number of hydrogen-bond acceptors (Lipinski definition) is 4. The van der Waals surface area contributed by atoms with Gasteiger partial charge in [-0.05, 0) is 34.1 Å². The summed E-state index contributed by atoms with van der Waals surface area (Å²) in [5.41, 5.74) is -0.235. The molecule has 17 heavy (non-hydrogen) atoms. The van der Waals surface area contributed by atoms with Gasteiger partial charge in [0.05, 0.1) is 12.6 Å². The normalized spacial score (nSPS) is 15.4. The SMILES string of the molecule is COCC(CCO)NC(C)C(=O)NC(C)(C)C. The van der Waals surface area contributed by atoms with E-state index in [2.05, 4.69) is 10.6 Å². The van der Waals surface area contributed by atoms with Crippen LogP contribution < -0.4 is 10.6 Å². The highest BCUT2D eigenvalue weighted by Crippen LogP contribution is 2.01. The summed E-state index contributed by atoms with van der Waals surface area (Å²) in [6.07, 6.45) is 0.570. The molecule has 0 saturated heterocycles. The molecule has 0 saturated carbocycles. The minimum atomic E-state index is -0.305. The van der Waals surface area contributed by atoms with Gasteiger partial charge in [-0.1, -0.05) is 0 Å². The van der Waals surface area contributed by atoms with Crippen molar-refractivity contribution in [2.24, 2.45) is 0 Å². The Morgan fingerprint density at radius 2 is 2.00 bits per heavy atom. The fraction of sp³-hybridized carbons (Fsp3) is 0.917. The molecule has 3 N–H and O–H groups in total. The second kappa shape index (κ2) is 7.63. The fourth-order valence-electron chi connectivity index (χ4n) is 1.48. The predicted molar refractivity (Wildman–Crippen MR) is 67.9 cm³/mol. The zero-order chi connectivity index (χ0) is 13.5. The molecule has 0 fully saturated rings. The lowest BCUT2D eigenvalue weighted by Gasteiger charge is -2.26. The van der Waals surface area contributed by atoms with Crippen molar-refractivity contribution in [3.05, 3.63) is 0 Å². The molecule has 0 radical (unpaired) electrons. The maximum atomic E-state index is 11.8. The molecule has 0 bridgehead atoms. The Bertz CT molecular complexity index is 220. The van der Waals surface area contributed by atoms with E-state index in [1.54, 1.807) is 14.0 Å². The highest BCUT2D eigenvalue weighted by Gasteiger charge is 2.21. The van der Waals surface area contributed by atoms with Crippen LogP contribution >= 0.6 is 0 Å². The van der Waals surface area contributed by atoms with Crippen LogP contribution in [0, 0.1) is 0 Å². The van der Waals surface area contributed by atoms with E-state index in [0.29, 0.717) is 13.0 Å². The molecule has 2 atom stereocenters. The van der Waals surface area contributed by atoms with Crippen LogP contribution in [0.15, 0.2) is 0 Å². The van der Waals surface area contributed by atoms with Crippen molar-refractivity contribution in [3.63, 3.8) is 0 Å². The number of carbonyl (C=O) groups is 1. The first-order valence-electron chi connectivity index (χ1n) is 5.98. The molecular weight excluding hydrogens is 220 g/mol. The van der Waals surface area contributed by atoms with E-state index in [1.807, 2.05) is 20.8 Å². The van der Waals surface area contributed by atoms with Crippen molar-refractivity contribution in [3.8, 4) is 0 Å². The van der Waals surface area contributed by atoms with Crippen LogP contribution in [-0.2, 0) is 9.53 Å². The van der Waals surface area contributed by atoms with Crippen LogP contribution in [-0.4, -0.2) is 49.0 Å². The molecule has 0 rings (SSSR count). The first kappa shape index (κ1) is 16.4. The van der Waals surface area contributed by atoms with Gasteiger partial charge in [0.15, 0.2) is 0 Å². The van der Waals surface area contributed by atoms with Gasteiger partial charge in [0.25, 0.3) is 0 Å². The van der Waals surface area contributed by atoms with E-state index < -0.39 is 0 Å². The summed E-state index contributed by atoms with van der Waals surface area (Å²) in [6.45, 7) is 8.19. The molecule has 0 aromatic carbocycles. The second-order valence-corrected chi connectivity index (χ2v) is 5.29. The van der Waals surface area contributed by atoms with Gasteiger partial charge in [-0.2, -0.15) is 0 Å². The van der Waals surface area contributed by atoms with Crippen LogP contribution in [0.3, 0.4) is 0 Å². The number of amides is 1. The topological polar surface area (TPSA) is 70.6 Å². The largest absolute Gasteiger partial charge is 0.396 e. The standard InChI is InChI=1S/C12H26N2O3/c1-9(11(16)14-12(2,3)4)13-10(6-7-15)8-17-5/h9-10,13,15H,6-8H2,1-5H3,(H,14,16). The second-order valence-electron chi connectivity index (χ2n) is 5.29. The van der Waals surface area contributed by atoms with E-state index in [9.17, 15) is 4.79 Å². The van der Waals surface area contributed by atoms with E-state index in [1.165, 1.54) is 0 Å². The average molecular weight is 246 g/mol. The maximum Gasteiger partial charge on any atom is 0.237 e. The summed E-state index contributed by atoms with van der Waals surface area (Å²) >= 11 is 0. The number of aliphatic hydroxyl groups is 1. The Morgan fingerprint density at radius 1 is 1.41 bits per heavy atom. The Morgan fingerprint density at radius 3 is 2.41 bits per heavy atom. The summed E-state index contributed by atoms with van der Waals surface area (Å²) in [5.74, 6) is -0.0449. The summed E-state index contributed by atoms with van der Waals surface area (Å²) < 4.78 is 5.03. The quantitative estimate of drug-likeness (QED) is 0.603. The smallest absolute Gasteiger partial charge is 0.237 e. The predicted octanol–water partition coefficient (Wildman–Crippen LogP) is 0.277. The van der Waals surface area contributed by atoms with E-state index in [0.717, 1.165) is 0 Å². The number of carbonyl (C=O) groups excluding carboxylic acids is 1. The molecule has 0 heterocycles. The summed E-state index contributed by atoms with van der Waals surface area (Å²) in [5, 5.41) is 15.0. The van der Waals surface area contributed by atoms with Crippen molar-refractivity contribution in [2.75, 3.05) is 20.3 Å². The lowest BCUT2D eigenvalue weighted by atomic mass is 10.1. The number of rotatable bonds is 7. The van der Waals surface area contributed by atoms with Gasteiger partial charge in [-0.25, -0.2) is 0 Å². The van der Waals surface area contributed by atoms with Gasteiger partial charge in [-0.15, -0.1) is 0 Å². The number of nitrogens with one attached hydrogen (secondary N) is 2. The minimum absolute atomic E-state index is 0.00859. The summed E-state index contributed by atoms with van der Waals surface area (Å²) in [7, 11) is 1.60. The summed E-state index contributed by atoms with van der Waals surface area (Å²) in [6, 6.07) is -0.313. The molecule has 2 unspecified atom stereocenters. The molecule has 0 aromatic heterocycles. The van der Waals surface area contributed by atoms with Crippen molar-refractivity contribution < 1.29 is 14.6 Å². The third-order valence-electron chi connectivity index (χ3n) is 2.22. The lowest BCUT2D eigenvalue weighted by molar-refractivity contribution is -0.124. The minimum Gasteiger partial charge on any atom is -0.396 e. The van der Waals surface area contributed by atoms with Gasteiger partial charge in [0.1, 0.15) is 0 Å². The van der Waals surface area contributed by atoms with E-state index >= 15 is 0 Å².